The molecule has 0 aliphatic carbocycles. The van der Waals surface area contributed by atoms with Crippen LogP contribution in [0.5, 0.6) is 0 Å². The van der Waals surface area contributed by atoms with Gasteiger partial charge in [0.1, 0.15) is 6.54 Å². The van der Waals surface area contributed by atoms with E-state index >= 15 is 0 Å². The first-order valence-corrected chi connectivity index (χ1v) is 4.20. The summed E-state index contributed by atoms with van der Waals surface area (Å²) in [5.74, 6) is -3.50. The van der Waals surface area contributed by atoms with E-state index in [1.54, 1.807) is 0 Å². The highest BCUT2D eigenvalue weighted by atomic mass is 19.4. The summed E-state index contributed by atoms with van der Waals surface area (Å²) in [6, 6.07) is 0. The minimum atomic E-state index is -4.68. The molecule has 92 valence electrons. The Morgan fingerprint density at radius 1 is 1.29 bits per heavy atom. The Hall–Kier alpha value is -2.19. The topological polar surface area (TPSA) is 92.2 Å². The van der Waals surface area contributed by atoms with E-state index in [2.05, 4.69) is 9.97 Å². The van der Waals surface area contributed by atoms with Crippen LogP contribution in [0.4, 0.5) is 13.2 Å². The molecule has 9 heteroatoms. The number of halogens is 3. The maximum atomic E-state index is 12.1. The predicted molar refractivity (Wildman–Crippen MR) is 47.0 cm³/mol. The Labute approximate surface area is 92.5 Å². The monoisotopic (exact) mass is 249 g/mol. The molecule has 0 saturated heterocycles. The smallest absolute Gasteiger partial charge is 0.451 e. The Balaban J connectivity index is 2.74. The van der Waals surface area contributed by atoms with Crippen LogP contribution in [0.25, 0.3) is 0 Å². The molecule has 0 saturated carbocycles. The summed E-state index contributed by atoms with van der Waals surface area (Å²) in [6.07, 6.45) is -3.34. The number of nitrogens with zero attached hydrogens (tertiary/aromatic N) is 2. The molecule has 0 aromatic carbocycles. The Morgan fingerprint density at radius 3 is 2.24 bits per heavy atom. The first-order chi connectivity index (χ1) is 7.80. The van der Waals surface area contributed by atoms with Crippen LogP contribution < -0.4 is 5.32 Å². The molecule has 1 amide bonds. The van der Waals surface area contributed by atoms with Crippen molar-refractivity contribution in [2.75, 3.05) is 6.54 Å². The molecular weight excluding hydrogens is 243 g/mol. The second kappa shape index (κ2) is 4.76. The molecule has 17 heavy (non-hydrogen) atoms. The van der Waals surface area contributed by atoms with E-state index in [0.717, 1.165) is 0 Å². The molecule has 1 aromatic heterocycles. The fourth-order valence-corrected chi connectivity index (χ4v) is 0.850. The number of hydrogen-bond acceptors (Lipinski definition) is 4. The SMILES string of the molecule is O=C(O)CNC(=O)c1cnc(C(F)(F)F)nc1. The van der Waals surface area contributed by atoms with E-state index in [9.17, 15) is 22.8 Å². The number of amides is 1. The third kappa shape index (κ3) is 3.70. The van der Waals surface area contributed by atoms with Crippen molar-refractivity contribution in [2.24, 2.45) is 0 Å². The number of aromatic nitrogens is 2. The van der Waals surface area contributed by atoms with Crippen LogP contribution in [-0.2, 0) is 11.0 Å². The minimum absolute atomic E-state index is 0.251. The number of hydrogen-bond donors (Lipinski definition) is 2. The lowest BCUT2D eigenvalue weighted by Crippen LogP contribution is -2.29. The predicted octanol–water partition coefficient (Wildman–Crippen LogP) is 0.310. The van der Waals surface area contributed by atoms with Gasteiger partial charge in [-0.15, -0.1) is 0 Å². The number of nitrogens with one attached hydrogen (secondary N) is 1. The van der Waals surface area contributed by atoms with Gasteiger partial charge in [0, 0.05) is 12.4 Å². The maximum Gasteiger partial charge on any atom is 0.451 e. The van der Waals surface area contributed by atoms with E-state index < -0.39 is 30.4 Å². The van der Waals surface area contributed by atoms with Crippen molar-refractivity contribution >= 4 is 11.9 Å². The molecule has 0 fully saturated rings. The van der Waals surface area contributed by atoms with Crippen molar-refractivity contribution < 1.29 is 27.9 Å². The summed E-state index contributed by atoms with van der Waals surface area (Å²) in [5.41, 5.74) is -0.251. The first-order valence-electron chi connectivity index (χ1n) is 4.20. The molecule has 1 heterocycles. The second-order valence-corrected chi connectivity index (χ2v) is 2.87. The molecule has 0 radical (unpaired) electrons. The maximum absolute atomic E-state index is 12.1. The molecular formula is C8H6F3N3O3. The quantitative estimate of drug-likeness (QED) is 0.804. The van der Waals surface area contributed by atoms with Gasteiger partial charge in [0.25, 0.3) is 5.91 Å². The summed E-state index contributed by atoms with van der Waals surface area (Å²) in [6.45, 7) is -0.639. The van der Waals surface area contributed by atoms with Crippen molar-refractivity contribution in [1.82, 2.24) is 15.3 Å². The molecule has 0 aliphatic heterocycles. The molecule has 0 aliphatic rings. The largest absolute Gasteiger partial charge is 0.480 e. The van der Waals surface area contributed by atoms with Crippen molar-refractivity contribution in [2.45, 2.75) is 6.18 Å². The number of carboxylic acids is 1. The van der Waals surface area contributed by atoms with Gasteiger partial charge in [-0.25, -0.2) is 9.97 Å². The summed E-state index contributed by atoms with van der Waals surface area (Å²) in [7, 11) is 0. The van der Waals surface area contributed by atoms with Crippen LogP contribution in [0.15, 0.2) is 12.4 Å². The van der Waals surface area contributed by atoms with Gasteiger partial charge in [0.05, 0.1) is 5.56 Å². The van der Waals surface area contributed by atoms with Gasteiger partial charge in [-0.3, -0.25) is 9.59 Å². The zero-order valence-electron chi connectivity index (χ0n) is 8.15. The average molecular weight is 249 g/mol. The van der Waals surface area contributed by atoms with E-state index in [4.69, 9.17) is 5.11 Å². The first kappa shape index (κ1) is 12.9. The van der Waals surface area contributed by atoms with Crippen molar-refractivity contribution in [3.8, 4) is 0 Å². The van der Waals surface area contributed by atoms with Crippen LogP contribution in [0, 0.1) is 0 Å². The summed E-state index contributed by atoms with van der Waals surface area (Å²) < 4.78 is 36.2. The van der Waals surface area contributed by atoms with Gasteiger partial charge in [-0.05, 0) is 0 Å². The molecule has 6 nitrogen and oxygen atoms in total. The average Bonchev–Trinajstić information content (AvgIpc) is 2.25. The van der Waals surface area contributed by atoms with Gasteiger partial charge >= 0.3 is 12.1 Å². The molecule has 0 bridgehead atoms. The molecule has 0 atom stereocenters. The van der Waals surface area contributed by atoms with Gasteiger partial charge in [-0.1, -0.05) is 0 Å². The lowest BCUT2D eigenvalue weighted by Gasteiger charge is -2.05. The lowest BCUT2D eigenvalue weighted by molar-refractivity contribution is -0.145. The minimum Gasteiger partial charge on any atom is -0.480 e. The molecule has 0 unspecified atom stereocenters. The van der Waals surface area contributed by atoms with Crippen LogP contribution in [0.3, 0.4) is 0 Å². The van der Waals surface area contributed by atoms with Crippen molar-refractivity contribution in [1.29, 1.82) is 0 Å². The second-order valence-electron chi connectivity index (χ2n) is 2.87. The third-order valence-corrected chi connectivity index (χ3v) is 1.57. The number of rotatable bonds is 3. The van der Waals surface area contributed by atoms with E-state index in [-0.39, 0.29) is 5.56 Å². The third-order valence-electron chi connectivity index (χ3n) is 1.57. The van der Waals surface area contributed by atoms with E-state index in [1.807, 2.05) is 5.32 Å². The van der Waals surface area contributed by atoms with Crippen molar-refractivity contribution in [3.63, 3.8) is 0 Å². The van der Waals surface area contributed by atoms with Gasteiger partial charge in [0.15, 0.2) is 0 Å². The molecule has 0 spiro atoms. The fourth-order valence-electron chi connectivity index (χ4n) is 0.850. The zero-order chi connectivity index (χ0) is 13.1. The summed E-state index contributed by atoms with van der Waals surface area (Å²) >= 11 is 0. The normalized spacial score (nSPS) is 11.0. The highest BCUT2D eigenvalue weighted by Crippen LogP contribution is 2.25. The number of alkyl halides is 3. The number of carbonyl (C=O) groups excluding carboxylic acids is 1. The summed E-state index contributed by atoms with van der Waals surface area (Å²) in [4.78, 5) is 27.2. The summed E-state index contributed by atoms with van der Waals surface area (Å²) in [5, 5.41) is 10.2. The number of aliphatic carboxylic acids is 1. The standard InChI is InChI=1S/C8H6F3N3O3/c9-8(10,11)7-13-1-4(2-14-7)6(17)12-3-5(15)16/h1-2H,3H2,(H,12,17)(H,15,16). The van der Waals surface area contributed by atoms with Gasteiger partial charge in [0.2, 0.25) is 5.82 Å². The van der Waals surface area contributed by atoms with E-state index in [0.29, 0.717) is 12.4 Å². The number of carbonyl (C=O) groups is 2. The Morgan fingerprint density at radius 2 is 1.82 bits per heavy atom. The van der Waals surface area contributed by atoms with Crippen LogP contribution in [0.2, 0.25) is 0 Å². The highest BCUT2D eigenvalue weighted by Gasteiger charge is 2.34. The van der Waals surface area contributed by atoms with Gasteiger partial charge < -0.3 is 10.4 Å². The lowest BCUT2D eigenvalue weighted by atomic mass is 10.3. The van der Waals surface area contributed by atoms with Crippen LogP contribution in [0.1, 0.15) is 16.2 Å². The van der Waals surface area contributed by atoms with Crippen LogP contribution in [-0.4, -0.2) is 33.5 Å². The zero-order valence-corrected chi connectivity index (χ0v) is 8.15. The van der Waals surface area contributed by atoms with Gasteiger partial charge in [-0.2, -0.15) is 13.2 Å². The number of carboxylic acid groups (broad SMARTS) is 1. The fraction of sp³-hybridized carbons (Fsp3) is 0.250. The van der Waals surface area contributed by atoms with Crippen molar-refractivity contribution in [3.05, 3.63) is 23.8 Å². The van der Waals surface area contributed by atoms with Crippen LogP contribution >= 0.6 is 0 Å². The molecule has 1 rings (SSSR count). The molecule has 2 N–H and O–H groups in total. The molecule has 1 aromatic rings. The Kier molecular flexibility index (Phi) is 3.61. The Bertz CT molecular complexity index is 430. The highest BCUT2D eigenvalue weighted by molar-refractivity contribution is 5.95. The van der Waals surface area contributed by atoms with E-state index in [1.165, 1.54) is 0 Å².